The van der Waals surface area contributed by atoms with Crippen LogP contribution in [0.15, 0.2) is 78.9 Å². The largest absolute Gasteiger partial charge is 0.352 e. The molecule has 10 heteroatoms. The van der Waals surface area contributed by atoms with Gasteiger partial charge in [0.25, 0.3) is 0 Å². The Kier molecular flexibility index (Phi) is 11.1. The van der Waals surface area contributed by atoms with E-state index in [-0.39, 0.29) is 24.9 Å². The first-order valence-corrected chi connectivity index (χ1v) is 17.0. The summed E-state index contributed by atoms with van der Waals surface area (Å²) in [7, 11) is -3.81. The number of hydrogen-bond acceptors (Lipinski definition) is 4. The molecule has 1 fully saturated rings. The molecule has 7 nitrogen and oxygen atoms in total. The van der Waals surface area contributed by atoms with Crippen molar-refractivity contribution >= 4 is 61.7 Å². The van der Waals surface area contributed by atoms with E-state index in [1.54, 1.807) is 36.4 Å². The Labute approximate surface area is 261 Å². The van der Waals surface area contributed by atoms with E-state index < -0.39 is 28.5 Å². The number of halogens is 2. The summed E-state index contributed by atoms with van der Waals surface area (Å²) >= 11 is 8.66. The molecule has 0 heterocycles. The van der Waals surface area contributed by atoms with Gasteiger partial charge in [-0.05, 0) is 76.9 Å². The summed E-state index contributed by atoms with van der Waals surface area (Å²) in [6, 6.07) is 22.8. The number of hydrogen-bond donors (Lipinski definition) is 1. The van der Waals surface area contributed by atoms with E-state index in [0.717, 1.165) is 51.8 Å². The summed E-state index contributed by atoms with van der Waals surface area (Å²) in [6.07, 6.45) is 6.41. The van der Waals surface area contributed by atoms with E-state index in [0.29, 0.717) is 16.3 Å². The van der Waals surface area contributed by atoms with Crippen molar-refractivity contribution in [2.45, 2.75) is 57.2 Å². The van der Waals surface area contributed by atoms with Crippen molar-refractivity contribution in [2.75, 3.05) is 17.1 Å². The van der Waals surface area contributed by atoms with Gasteiger partial charge in [0.05, 0.1) is 11.9 Å². The van der Waals surface area contributed by atoms with Crippen molar-refractivity contribution in [3.05, 3.63) is 98.6 Å². The Hall–Kier alpha value is -2.63. The topological polar surface area (TPSA) is 86.8 Å². The van der Waals surface area contributed by atoms with Crippen LogP contribution in [0.1, 0.15) is 43.2 Å². The van der Waals surface area contributed by atoms with Gasteiger partial charge in [-0.25, -0.2) is 8.42 Å². The molecule has 2 amide bonds. The van der Waals surface area contributed by atoms with Crippen molar-refractivity contribution in [3.63, 3.8) is 0 Å². The molecule has 0 radical (unpaired) electrons. The maximum atomic E-state index is 14.2. The van der Waals surface area contributed by atoms with E-state index in [1.165, 1.54) is 4.90 Å². The molecule has 218 valence electrons. The fraction of sp³-hybridized carbons (Fsp3) is 0.355. The third-order valence-electron chi connectivity index (χ3n) is 7.31. The number of nitrogens with zero attached hydrogens (tertiary/aromatic N) is 2. The molecule has 3 aromatic carbocycles. The van der Waals surface area contributed by atoms with Crippen LogP contribution in [0, 0.1) is 3.57 Å². The van der Waals surface area contributed by atoms with E-state index >= 15 is 0 Å². The summed E-state index contributed by atoms with van der Waals surface area (Å²) in [4.78, 5) is 29.6. The number of sulfonamides is 1. The summed E-state index contributed by atoms with van der Waals surface area (Å²) in [5, 5.41) is 3.66. The fourth-order valence-corrected chi connectivity index (χ4v) is 6.53. The number of anilines is 1. The molecule has 0 aromatic heterocycles. The van der Waals surface area contributed by atoms with E-state index in [1.807, 2.05) is 42.5 Å². The lowest BCUT2D eigenvalue weighted by molar-refractivity contribution is -0.140. The lowest BCUT2D eigenvalue weighted by atomic mass is 9.94. The Morgan fingerprint density at radius 2 is 1.59 bits per heavy atom. The molecule has 3 aromatic rings. The Morgan fingerprint density at radius 3 is 2.22 bits per heavy atom. The van der Waals surface area contributed by atoms with Gasteiger partial charge in [0.2, 0.25) is 21.8 Å². The van der Waals surface area contributed by atoms with Crippen molar-refractivity contribution in [3.8, 4) is 0 Å². The van der Waals surface area contributed by atoms with Crippen LogP contribution < -0.4 is 9.62 Å². The van der Waals surface area contributed by atoms with E-state index in [9.17, 15) is 18.0 Å². The molecule has 0 bridgehead atoms. The minimum absolute atomic E-state index is 0.0473. The van der Waals surface area contributed by atoms with Crippen molar-refractivity contribution in [1.82, 2.24) is 10.2 Å². The molecule has 1 saturated carbocycles. The van der Waals surface area contributed by atoms with Crippen molar-refractivity contribution in [2.24, 2.45) is 0 Å². The highest BCUT2D eigenvalue weighted by molar-refractivity contribution is 14.1. The van der Waals surface area contributed by atoms with Gasteiger partial charge in [-0.2, -0.15) is 0 Å². The zero-order chi connectivity index (χ0) is 29.4. The highest BCUT2D eigenvalue weighted by Gasteiger charge is 2.34. The molecule has 1 atom stereocenters. The summed E-state index contributed by atoms with van der Waals surface area (Å²) in [5.41, 5.74) is 1.95. The number of benzene rings is 3. The monoisotopic (exact) mass is 707 g/mol. The quantitative estimate of drug-likeness (QED) is 0.256. The third kappa shape index (κ3) is 8.93. The lowest BCUT2D eigenvalue weighted by Crippen LogP contribution is -2.55. The van der Waals surface area contributed by atoms with Gasteiger partial charge in [-0.15, -0.1) is 0 Å². The van der Waals surface area contributed by atoms with Gasteiger partial charge in [0.1, 0.15) is 12.6 Å². The van der Waals surface area contributed by atoms with Crippen LogP contribution in [0.5, 0.6) is 0 Å². The average Bonchev–Trinajstić information content (AvgIpc) is 2.95. The van der Waals surface area contributed by atoms with Gasteiger partial charge in [-0.1, -0.05) is 79.4 Å². The van der Waals surface area contributed by atoms with Gasteiger partial charge in [0.15, 0.2) is 0 Å². The van der Waals surface area contributed by atoms with Crippen LogP contribution in [-0.2, 0) is 32.6 Å². The maximum absolute atomic E-state index is 14.2. The van der Waals surface area contributed by atoms with Crippen LogP contribution in [0.4, 0.5) is 5.69 Å². The Bertz CT molecular complexity index is 1430. The van der Waals surface area contributed by atoms with Crippen molar-refractivity contribution in [1.29, 1.82) is 0 Å². The molecule has 1 unspecified atom stereocenters. The molecule has 4 rings (SSSR count). The minimum Gasteiger partial charge on any atom is -0.352 e. The molecule has 1 aliphatic rings. The maximum Gasteiger partial charge on any atom is 0.244 e. The van der Waals surface area contributed by atoms with Crippen LogP contribution in [0.2, 0.25) is 5.02 Å². The fourth-order valence-electron chi connectivity index (χ4n) is 5.13. The predicted octanol–water partition coefficient (Wildman–Crippen LogP) is 5.80. The zero-order valence-electron chi connectivity index (χ0n) is 23.0. The summed E-state index contributed by atoms with van der Waals surface area (Å²) < 4.78 is 27.8. The smallest absolute Gasteiger partial charge is 0.244 e. The second-order valence-electron chi connectivity index (χ2n) is 10.4. The minimum atomic E-state index is -3.81. The predicted molar refractivity (Wildman–Crippen MR) is 172 cm³/mol. The molecule has 1 N–H and O–H groups in total. The molecular weight excluding hydrogens is 673 g/mol. The summed E-state index contributed by atoms with van der Waals surface area (Å²) in [5.74, 6) is -0.741. The number of nitrogens with one attached hydrogen (secondary N) is 1. The normalized spacial score (nSPS) is 14.7. The second kappa shape index (κ2) is 14.5. The molecule has 0 aliphatic heterocycles. The number of amides is 2. The van der Waals surface area contributed by atoms with Gasteiger partial charge < -0.3 is 10.2 Å². The van der Waals surface area contributed by atoms with Crippen LogP contribution in [0.25, 0.3) is 0 Å². The van der Waals surface area contributed by atoms with Gasteiger partial charge in [0, 0.05) is 27.6 Å². The molecular formula is C31H35ClIN3O4S. The first kappa shape index (κ1) is 31.3. The first-order valence-electron chi connectivity index (χ1n) is 13.7. The van der Waals surface area contributed by atoms with Crippen LogP contribution in [0.3, 0.4) is 0 Å². The van der Waals surface area contributed by atoms with Crippen molar-refractivity contribution < 1.29 is 18.0 Å². The second-order valence-corrected chi connectivity index (χ2v) is 14.0. The third-order valence-corrected chi connectivity index (χ3v) is 9.54. The number of rotatable bonds is 11. The van der Waals surface area contributed by atoms with Crippen LogP contribution >= 0.6 is 34.2 Å². The molecule has 1 aliphatic carbocycles. The molecule has 0 saturated heterocycles. The summed E-state index contributed by atoms with van der Waals surface area (Å²) in [6.45, 7) is -0.399. The highest BCUT2D eigenvalue weighted by Crippen LogP contribution is 2.24. The lowest BCUT2D eigenvalue weighted by Gasteiger charge is -2.35. The number of carbonyl (C=O) groups is 2. The molecule has 41 heavy (non-hydrogen) atoms. The standard InChI is InChI=1S/C31H35ClIN3O4S/c1-41(39,40)36(27-18-16-25(33)17-19-27)22-30(37)35(21-24-12-8-9-15-28(24)32)29(20-23-10-4-2-5-11-23)31(38)34-26-13-6-3-7-14-26/h2,4-5,8-12,15-19,26,29H,3,6-7,13-14,20-22H2,1H3,(H,34,38). The van der Waals surface area contributed by atoms with E-state index in [4.69, 9.17) is 11.6 Å². The Balaban J connectivity index is 1.72. The molecule has 0 spiro atoms. The zero-order valence-corrected chi connectivity index (χ0v) is 26.7. The highest BCUT2D eigenvalue weighted by atomic mass is 127. The Morgan fingerprint density at radius 1 is 0.951 bits per heavy atom. The SMILES string of the molecule is CS(=O)(=O)N(CC(=O)N(Cc1ccccc1Cl)C(Cc1ccccc1)C(=O)NC1CCCCC1)c1ccc(I)cc1. The van der Waals surface area contributed by atoms with Gasteiger partial charge >= 0.3 is 0 Å². The average molecular weight is 708 g/mol. The van der Waals surface area contributed by atoms with E-state index in [2.05, 4.69) is 27.9 Å². The first-order chi connectivity index (χ1) is 19.6. The van der Waals surface area contributed by atoms with Crippen LogP contribution in [-0.4, -0.2) is 50.0 Å². The van der Waals surface area contributed by atoms with Gasteiger partial charge in [-0.3, -0.25) is 13.9 Å². The number of carbonyl (C=O) groups excluding carboxylic acids is 2.